The van der Waals surface area contributed by atoms with E-state index in [4.69, 9.17) is 10.2 Å². The van der Waals surface area contributed by atoms with Crippen molar-refractivity contribution in [3.05, 3.63) is 33.9 Å². The molecule has 20 heavy (non-hydrogen) atoms. The Kier molecular flexibility index (Phi) is 5.92. The van der Waals surface area contributed by atoms with Crippen molar-refractivity contribution in [2.45, 2.75) is 19.8 Å². The second-order valence-corrected chi connectivity index (χ2v) is 4.46. The van der Waals surface area contributed by atoms with E-state index in [0.717, 1.165) is 6.42 Å². The Morgan fingerprint density at radius 1 is 1.50 bits per heavy atom. The number of aliphatic hydroxyl groups is 1. The summed E-state index contributed by atoms with van der Waals surface area (Å²) in [5.41, 5.74) is 0.0217. The molecule has 0 saturated heterocycles. The fraction of sp³-hybridized carbons (Fsp3) is 0.462. The molecule has 1 rings (SSSR count). The van der Waals surface area contributed by atoms with Crippen LogP contribution in [0.15, 0.2) is 18.2 Å². The number of benzene rings is 1. The Balaban J connectivity index is 2.92. The fourth-order valence-electron chi connectivity index (χ4n) is 1.86. The zero-order chi connectivity index (χ0) is 15.1. The normalized spacial score (nSPS) is 11.9. The van der Waals surface area contributed by atoms with E-state index in [-0.39, 0.29) is 29.5 Å². The third-order valence-corrected chi connectivity index (χ3v) is 3.14. The summed E-state index contributed by atoms with van der Waals surface area (Å²) in [5.74, 6) is -0.960. The molecule has 1 aromatic carbocycles. The predicted octanol–water partition coefficient (Wildman–Crippen LogP) is 2.11. The number of aliphatic hydroxyl groups excluding tert-OH is 1. The summed E-state index contributed by atoms with van der Waals surface area (Å²) in [6.45, 7) is 2.46. The minimum Gasteiger partial charge on any atom is -0.478 e. The van der Waals surface area contributed by atoms with Gasteiger partial charge in [0.25, 0.3) is 5.69 Å². The lowest BCUT2D eigenvalue weighted by molar-refractivity contribution is -0.384. The van der Waals surface area contributed by atoms with E-state index in [9.17, 15) is 14.9 Å². The number of nitro groups is 1. The molecule has 0 radical (unpaired) electrons. The van der Waals surface area contributed by atoms with Crippen LogP contribution in [0.5, 0.6) is 0 Å². The number of nitro benzene ring substituents is 1. The molecule has 0 saturated carbocycles. The van der Waals surface area contributed by atoms with Gasteiger partial charge in [-0.05, 0) is 24.5 Å². The Hall–Kier alpha value is -2.15. The first kappa shape index (κ1) is 15.9. The van der Waals surface area contributed by atoms with Crippen molar-refractivity contribution in [3.63, 3.8) is 0 Å². The van der Waals surface area contributed by atoms with Gasteiger partial charge in [0, 0.05) is 19.2 Å². The van der Waals surface area contributed by atoms with Gasteiger partial charge in [0.15, 0.2) is 0 Å². The Labute approximate surface area is 116 Å². The van der Waals surface area contributed by atoms with Gasteiger partial charge < -0.3 is 15.5 Å². The topological polar surface area (TPSA) is 113 Å². The molecule has 0 aliphatic carbocycles. The predicted molar refractivity (Wildman–Crippen MR) is 74.0 cm³/mol. The van der Waals surface area contributed by atoms with E-state index in [1.807, 2.05) is 6.92 Å². The van der Waals surface area contributed by atoms with Gasteiger partial charge in [0.1, 0.15) is 5.69 Å². The summed E-state index contributed by atoms with van der Waals surface area (Å²) < 4.78 is 0. The van der Waals surface area contributed by atoms with Gasteiger partial charge in [-0.1, -0.05) is 13.3 Å². The smallest absolute Gasteiger partial charge is 0.335 e. The van der Waals surface area contributed by atoms with Crippen LogP contribution in [0.4, 0.5) is 11.4 Å². The first-order valence-corrected chi connectivity index (χ1v) is 6.36. The van der Waals surface area contributed by atoms with E-state index < -0.39 is 10.9 Å². The molecular weight excluding hydrogens is 264 g/mol. The number of carboxylic acid groups (broad SMARTS) is 1. The summed E-state index contributed by atoms with van der Waals surface area (Å²) >= 11 is 0. The molecule has 0 aromatic heterocycles. The fourth-order valence-corrected chi connectivity index (χ4v) is 1.86. The van der Waals surface area contributed by atoms with Crippen molar-refractivity contribution in [3.8, 4) is 0 Å². The van der Waals surface area contributed by atoms with Gasteiger partial charge >= 0.3 is 5.97 Å². The Bertz CT molecular complexity index is 490. The molecule has 1 aromatic rings. The molecule has 7 nitrogen and oxygen atoms in total. The van der Waals surface area contributed by atoms with Crippen LogP contribution in [-0.2, 0) is 0 Å². The molecule has 1 unspecified atom stereocenters. The van der Waals surface area contributed by atoms with E-state index in [1.165, 1.54) is 18.2 Å². The molecule has 0 amide bonds. The number of nitrogens with one attached hydrogen (secondary N) is 1. The molecule has 7 heteroatoms. The van der Waals surface area contributed by atoms with Crippen LogP contribution >= 0.6 is 0 Å². The van der Waals surface area contributed by atoms with E-state index in [0.29, 0.717) is 13.0 Å². The van der Waals surface area contributed by atoms with Gasteiger partial charge in [-0.3, -0.25) is 10.1 Å². The monoisotopic (exact) mass is 282 g/mol. The van der Waals surface area contributed by atoms with Crippen molar-refractivity contribution in [2.24, 2.45) is 5.92 Å². The van der Waals surface area contributed by atoms with Crippen LogP contribution in [0.3, 0.4) is 0 Å². The van der Waals surface area contributed by atoms with Crippen LogP contribution in [0.25, 0.3) is 0 Å². The minimum atomic E-state index is -1.13. The molecule has 0 aliphatic heterocycles. The molecule has 1 atom stereocenters. The Morgan fingerprint density at radius 3 is 2.70 bits per heavy atom. The standard InChI is InChI=1S/C13H18N2O5/c1-2-9(5-6-16)8-14-11-7-10(13(17)18)3-4-12(11)15(19)20/h3-4,7,9,14,16H,2,5-6,8H2,1H3,(H,17,18). The molecule has 0 aliphatic rings. The minimum absolute atomic E-state index is 0.00620. The SMILES string of the molecule is CCC(CCO)CNc1cc(C(=O)O)ccc1[N+](=O)[O-]. The van der Waals surface area contributed by atoms with Crippen molar-refractivity contribution in [2.75, 3.05) is 18.5 Å². The first-order chi connectivity index (χ1) is 9.49. The summed E-state index contributed by atoms with van der Waals surface area (Å²) in [5, 5.41) is 31.7. The van der Waals surface area contributed by atoms with Crippen LogP contribution in [0.2, 0.25) is 0 Å². The van der Waals surface area contributed by atoms with Crippen LogP contribution < -0.4 is 5.32 Å². The largest absolute Gasteiger partial charge is 0.478 e. The number of hydrogen-bond acceptors (Lipinski definition) is 5. The summed E-state index contributed by atoms with van der Waals surface area (Å²) in [7, 11) is 0. The van der Waals surface area contributed by atoms with Crippen LogP contribution in [-0.4, -0.2) is 34.3 Å². The number of carbonyl (C=O) groups is 1. The number of nitrogens with zero attached hydrogens (tertiary/aromatic N) is 1. The number of hydrogen-bond donors (Lipinski definition) is 3. The lowest BCUT2D eigenvalue weighted by Crippen LogP contribution is -2.16. The maximum atomic E-state index is 10.9. The van der Waals surface area contributed by atoms with Gasteiger partial charge in [-0.2, -0.15) is 0 Å². The molecule has 0 bridgehead atoms. The highest BCUT2D eigenvalue weighted by Crippen LogP contribution is 2.26. The van der Waals surface area contributed by atoms with Gasteiger partial charge in [0.05, 0.1) is 10.5 Å². The second-order valence-electron chi connectivity index (χ2n) is 4.46. The third-order valence-electron chi connectivity index (χ3n) is 3.14. The lowest BCUT2D eigenvalue weighted by atomic mass is 10.0. The molecule has 3 N–H and O–H groups in total. The lowest BCUT2D eigenvalue weighted by Gasteiger charge is -2.15. The zero-order valence-electron chi connectivity index (χ0n) is 11.2. The van der Waals surface area contributed by atoms with Gasteiger partial charge in [0.2, 0.25) is 0 Å². The van der Waals surface area contributed by atoms with Gasteiger partial charge in [-0.15, -0.1) is 0 Å². The van der Waals surface area contributed by atoms with Crippen LogP contribution in [0.1, 0.15) is 30.1 Å². The van der Waals surface area contributed by atoms with E-state index in [2.05, 4.69) is 5.32 Å². The number of aromatic carboxylic acids is 1. The zero-order valence-corrected chi connectivity index (χ0v) is 11.2. The average Bonchev–Trinajstić information content (AvgIpc) is 2.42. The maximum Gasteiger partial charge on any atom is 0.335 e. The molecule has 110 valence electrons. The molecule has 0 spiro atoms. The average molecular weight is 282 g/mol. The van der Waals surface area contributed by atoms with E-state index in [1.54, 1.807) is 0 Å². The number of carboxylic acids is 1. The third kappa shape index (κ3) is 4.20. The van der Waals surface area contributed by atoms with Crippen molar-refractivity contribution in [1.82, 2.24) is 0 Å². The van der Waals surface area contributed by atoms with Crippen molar-refractivity contribution in [1.29, 1.82) is 0 Å². The highest BCUT2D eigenvalue weighted by molar-refractivity contribution is 5.90. The Morgan fingerprint density at radius 2 is 2.20 bits per heavy atom. The second kappa shape index (κ2) is 7.44. The van der Waals surface area contributed by atoms with Gasteiger partial charge in [-0.25, -0.2) is 4.79 Å². The highest BCUT2D eigenvalue weighted by atomic mass is 16.6. The number of rotatable bonds is 8. The molecule has 0 heterocycles. The van der Waals surface area contributed by atoms with Crippen molar-refractivity contribution >= 4 is 17.3 Å². The number of anilines is 1. The molecule has 0 fully saturated rings. The summed E-state index contributed by atoms with van der Waals surface area (Å²) in [6, 6.07) is 3.64. The maximum absolute atomic E-state index is 10.9. The van der Waals surface area contributed by atoms with E-state index >= 15 is 0 Å². The summed E-state index contributed by atoms with van der Waals surface area (Å²) in [6.07, 6.45) is 1.41. The first-order valence-electron chi connectivity index (χ1n) is 6.36. The molecular formula is C13H18N2O5. The van der Waals surface area contributed by atoms with Crippen LogP contribution in [0, 0.1) is 16.0 Å². The summed E-state index contributed by atoms with van der Waals surface area (Å²) in [4.78, 5) is 21.3. The van der Waals surface area contributed by atoms with Crippen molar-refractivity contribution < 1.29 is 19.9 Å². The highest BCUT2D eigenvalue weighted by Gasteiger charge is 2.17. The quantitative estimate of drug-likeness (QED) is 0.497.